The molecule has 3 rings (SSSR count). The quantitative estimate of drug-likeness (QED) is 0.807. The predicted molar refractivity (Wildman–Crippen MR) is 60.1 cm³/mol. The zero-order valence-electron chi connectivity index (χ0n) is 9.49. The fraction of sp³-hybridized carbons (Fsp3) is 0.667. The first kappa shape index (κ1) is 9.87. The van der Waals surface area contributed by atoms with Gasteiger partial charge in [0.2, 0.25) is 0 Å². The second-order valence-electron chi connectivity index (χ2n) is 5.03. The van der Waals surface area contributed by atoms with Crippen LogP contribution < -0.4 is 5.73 Å². The zero-order valence-corrected chi connectivity index (χ0v) is 9.49. The Hall–Kier alpha value is -1.32. The monoisotopic (exact) mass is 219 g/mol. The molecule has 0 radical (unpaired) electrons. The molecule has 1 fully saturated rings. The van der Waals surface area contributed by atoms with E-state index in [0.29, 0.717) is 11.6 Å². The third-order valence-electron chi connectivity index (χ3n) is 4.12. The lowest BCUT2D eigenvalue weighted by Gasteiger charge is -2.02. The Labute approximate surface area is 94.6 Å². The minimum absolute atomic E-state index is 0.375. The van der Waals surface area contributed by atoms with Gasteiger partial charge in [-0.05, 0) is 24.7 Å². The molecule has 0 bridgehead atoms. The molecule has 1 amide bonds. The number of primary amides is 1. The molecule has 0 unspecified atom stereocenters. The van der Waals surface area contributed by atoms with Crippen molar-refractivity contribution < 1.29 is 4.79 Å². The summed E-state index contributed by atoms with van der Waals surface area (Å²) >= 11 is 0. The number of nitrogens with one attached hydrogen (secondary N) is 1. The molecule has 0 aliphatic heterocycles. The van der Waals surface area contributed by atoms with E-state index in [9.17, 15) is 4.79 Å². The SMILES string of the molecule is CCCC[C@@H]1[C@@H]2Cc3c(n[nH]c3C(N)=O)[C@H]12. The Morgan fingerprint density at radius 1 is 1.62 bits per heavy atom. The zero-order chi connectivity index (χ0) is 11.3. The summed E-state index contributed by atoms with van der Waals surface area (Å²) in [6.07, 6.45) is 4.88. The van der Waals surface area contributed by atoms with Gasteiger partial charge in [0.1, 0.15) is 5.69 Å². The predicted octanol–water partition coefficient (Wildman–Crippen LogP) is 1.58. The minimum Gasteiger partial charge on any atom is -0.364 e. The van der Waals surface area contributed by atoms with Crippen LogP contribution in [0.2, 0.25) is 0 Å². The molecule has 0 aromatic carbocycles. The minimum atomic E-state index is -0.375. The summed E-state index contributed by atoms with van der Waals surface area (Å²) in [5.41, 5.74) is 8.05. The van der Waals surface area contributed by atoms with Gasteiger partial charge in [-0.2, -0.15) is 5.10 Å². The van der Waals surface area contributed by atoms with Crippen molar-refractivity contribution >= 4 is 5.91 Å². The number of nitrogens with two attached hydrogens (primary N) is 1. The van der Waals surface area contributed by atoms with Gasteiger partial charge in [-0.1, -0.05) is 19.8 Å². The van der Waals surface area contributed by atoms with Crippen LogP contribution in [0.5, 0.6) is 0 Å². The molecule has 4 heteroatoms. The highest BCUT2D eigenvalue weighted by Crippen LogP contribution is 2.63. The van der Waals surface area contributed by atoms with Gasteiger partial charge in [0.25, 0.3) is 5.91 Å². The molecule has 3 atom stereocenters. The van der Waals surface area contributed by atoms with Crippen molar-refractivity contribution in [1.82, 2.24) is 10.2 Å². The average Bonchev–Trinajstić information content (AvgIpc) is 2.60. The van der Waals surface area contributed by atoms with E-state index in [-0.39, 0.29) is 5.91 Å². The Morgan fingerprint density at radius 2 is 2.44 bits per heavy atom. The molecular formula is C12H17N3O. The molecule has 1 saturated carbocycles. The van der Waals surface area contributed by atoms with E-state index < -0.39 is 0 Å². The number of hydrogen-bond donors (Lipinski definition) is 2. The van der Waals surface area contributed by atoms with Crippen LogP contribution in [0.3, 0.4) is 0 Å². The summed E-state index contributed by atoms with van der Waals surface area (Å²) in [4.78, 5) is 11.1. The number of carbonyl (C=O) groups is 1. The maximum absolute atomic E-state index is 11.1. The van der Waals surface area contributed by atoms with Crippen molar-refractivity contribution in [3.63, 3.8) is 0 Å². The number of aromatic nitrogens is 2. The summed E-state index contributed by atoms with van der Waals surface area (Å²) in [6, 6.07) is 0. The maximum atomic E-state index is 11.1. The summed E-state index contributed by atoms with van der Waals surface area (Å²) in [6.45, 7) is 2.23. The van der Waals surface area contributed by atoms with Crippen LogP contribution in [-0.4, -0.2) is 16.1 Å². The topological polar surface area (TPSA) is 71.8 Å². The molecule has 16 heavy (non-hydrogen) atoms. The van der Waals surface area contributed by atoms with Gasteiger partial charge in [0.15, 0.2) is 0 Å². The Balaban J connectivity index is 1.78. The van der Waals surface area contributed by atoms with Gasteiger partial charge in [-0.15, -0.1) is 0 Å². The van der Waals surface area contributed by atoms with Crippen molar-refractivity contribution in [1.29, 1.82) is 0 Å². The third-order valence-corrected chi connectivity index (χ3v) is 4.12. The lowest BCUT2D eigenvalue weighted by atomic mass is 10.0. The van der Waals surface area contributed by atoms with Gasteiger partial charge >= 0.3 is 0 Å². The van der Waals surface area contributed by atoms with Crippen LogP contribution in [0.15, 0.2) is 0 Å². The summed E-state index contributed by atoms with van der Waals surface area (Å²) in [5, 5.41) is 7.06. The van der Waals surface area contributed by atoms with E-state index in [0.717, 1.165) is 29.5 Å². The largest absolute Gasteiger partial charge is 0.364 e. The number of H-pyrrole nitrogens is 1. The maximum Gasteiger partial charge on any atom is 0.267 e. The first-order chi connectivity index (χ1) is 7.74. The van der Waals surface area contributed by atoms with E-state index >= 15 is 0 Å². The van der Waals surface area contributed by atoms with E-state index in [1.807, 2.05) is 0 Å². The smallest absolute Gasteiger partial charge is 0.267 e. The van der Waals surface area contributed by atoms with Gasteiger partial charge in [-0.3, -0.25) is 9.89 Å². The number of fused-ring (bicyclic) bond motifs is 3. The number of aromatic amines is 1. The first-order valence-electron chi connectivity index (χ1n) is 6.11. The number of amides is 1. The van der Waals surface area contributed by atoms with Crippen LogP contribution in [0.4, 0.5) is 0 Å². The lowest BCUT2D eigenvalue weighted by molar-refractivity contribution is 0.0994. The second kappa shape index (κ2) is 3.34. The lowest BCUT2D eigenvalue weighted by Crippen LogP contribution is -2.14. The number of carbonyl (C=O) groups excluding carboxylic acids is 1. The normalized spacial score (nSPS) is 29.9. The standard InChI is InChI=1S/C12H17N3O/c1-2-3-4-6-7-5-8-10(9(6)7)14-15-11(8)12(13)16/h6-7,9H,2-5H2,1H3,(H2,13,16)(H,14,15)/t6-,7+,9-/m1/s1. The Kier molecular flexibility index (Phi) is 2.06. The van der Waals surface area contributed by atoms with Crippen LogP contribution in [-0.2, 0) is 6.42 Å². The molecule has 4 nitrogen and oxygen atoms in total. The van der Waals surface area contributed by atoms with Crippen LogP contribution in [0.1, 0.15) is 53.8 Å². The highest BCUT2D eigenvalue weighted by atomic mass is 16.1. The number of unbranched alkanes of at least 4 members (excludes halogenated alkanes) is 1. The van der Waals surface area contributed by atoms with Crippen molar-refractivity contribution in [3.05, 3.63) is 17.0 Å². The van der Waals surface area contributed by atoms with Crippen LogP contribution >= 0.6 is 0 Å². The van der Waals surface area contributed by atoms with Crippen molar-refractivity contribution in [2.24, 2.45) is 17.6 Å². The van der Waals surface area contributed by atoms with Crippen LogP contribution in [0.25, 0.3) is 0 Å². The van der Waals surface area contributed by atoms with Crippen molar-refractivity contribution in [2.75, 3.05) is 0 Å². The molecule has 86 valence electrons. The molecule has 1 aromatic rings. The van der Waals surface area contributed by atoms with E-state index in [2.05, 4.69) is 17.1 Å². The van der Waals surface area contributed by atoms with Gasteiger partial charge < -0.3 is 5.73 Å². The number of rotatable bonds is 4. The summed E-state index contributed by atoms with van der Waals surface area (Å²) in [5.74, 6) is 1.80. The highest BCUT2D eigenvalue weighted by molar-refractivity contribution is 5.92. The Morgan fingerprint density at radius 3 is 3.12 bits per heavy atom. The van der Waals surface area contributed by atoms with E-state index in [1.54, 1.807) is 0 Å². The number of nitrogens with zero attached hydrogens (tertiary/aromatic N) is 1. The molecule has 2 aliphatic carbocycles. The summed E-state index contributed by atoms with van der Waals surface area (Å²) in [7, 11) is 0. The van der Waals surface area contributed by atoms with Crippen LogP contribution in [0, 0.1) is 11.8 Å². The van der Waals surface area contributed by atoms with Crippen molar-refractivity contribution in [3.8, 4) is 0 Å². The second-order valence-corrected chi connectivity index (χ2v) is 5.03. The third kappa shape index (κ3) is 1.22. The molecule has 3 N–H and O–H groups in total. The summed E-state index contributed by atoms with van der Waals surface area (Å²) < 4.78 is 0. The molecule has 1 heterocycles. The molecule has 0 saturated heterocycles. The fourth-order valence-electron chi connectivity index (χ4n) is 3.26. The molecule has 2 aliphatic rings. The first-order valence-corrected chi connectivity index (χ1v) is 6.11. The van der Waals surface area contributed by atoms with E-state index in [1.165, 1.54) is 19.3 Å². The highest BCUT2D eigenvalue weighted by Gasteiger charge is 2.57. The fourth-order valence-corrected chi connectivity index (χ4v) is 3.26. The average molecular weight is 219 g/mol. The van der Waals surface area contributed by atoms with Gasteiger partial charge in [0.05, 0.1) is 5.69 Å². The van der Waals surface area contributed by atoms with E-state index in [4.69, 9.17) is 5.73 Å². The molecule has 0 spiro atoms. The van der Waals surface area contributed by atoms with Gasteiger partial charge in [0, 0.05) is 11.5 Å². The van der Waals surface area contributed by atoms with Crippen molar-refractivity contribution in [2.45, 2.75) is 38.5 Å². The number of hydrogen-bond acceptors (Lipinski definition) is 2. The molecule has 1 aromatic heterocycles. The Bertz CT molecular complexity index is 437. The van der Waals surface area contributed by atoms with Gasteiger partial charge in [-0.25, -0.2) is 0 Å². The molecular weight excluding hydrogens is 202 g/mol.